The Labute approximate surface area is 141 Å². The van der Waals surface area contributed by atoms with Gasteiger partial charge in [-0.1, -0.05) is 6.92 Å². The lowest BCUT2D eigenvalue weighted by Crippen LogP contribution is -2.38. The second-order valence-corrected chi connectivity index (χ2v) is 7.52. The quantitative estimate of drug-likeness (QED) is 0.831. The van der Waals surface area contributed by atoms with Crippen LogP contribution in [0.15, 0.2) is 22.9 Å². The minimum Gasteiger partial charge on any atom is -0.444 e. The summed E-state index contributed by atoms with van der Waals surface area (Å²) < 4.78 is 6.32. The zero-order valence-electron chi connectivity index (χ0n) is 14.0. The van der Waals surface area contributed by atoms with Gasteiger partial charge in [-0.05, 0) is 60.8 Å². The maximum absolute atomic E-state index is 11.9. The third kappa shape index (κ3) is 7.75. The van der Waals surface area contributed by atoms with Crippen LogP contribution in [0.25, 0.3) is 0 Å². The fraction of sp³-hybridized carbons (Fsp3) is 0.625. The van der Waals surface area contributed by atoms with Crippen LogP contribution in [0, 0.1) is 5.92 Å². The van der Waals surface area contributed by atoms with E-state index in [1.54, 1.807) is 18.1 Å². The molecule has 1 unspecified atom stereocenters. The molecule has 0 fully saturated rings. The van der Waals surface area contributed by atoms with Crippen LogP contribution in [0.5, 0.6) is 0 Å². The van der Waals surface area contributed by atoms with E-state index in [0.29, 0.717) is 12.5 Å². The van der Waals surface area contributed by atoms with Crippen LogP contribution in [0.3, 0.4) is 0 Å². The molecular weight excluding hydrogens is 346 g/mol. The van der Waals surface area contributed by atoms with Gasteiger partial charge < -0.3 is 15.0 Å². The molecule has 1 atom stereocenters. The van der Waals surface area contributed by atoms with Crippen LogP contribution in [-0.4, -0.2) is 41.7 Å². The van der Waals surface area contributed by atoms with Crippen molar-refractivity contribution >= 4 is 22.0 Å². The Morgan fingerprint density at radius 3 is 2.73 bits per heavy atom. The van der Waals surface area contributed by atoms with Crippen molar-refractivity contribution in [2.24, 2.45) is 5.92 Å². The normalized spacial score (nSPS) is 12.8. The first-order valence-electron chi connectivity index (χ1n) is 7.41. The van der Waals surface area contributed by atoms with Gasteiger partial charge in [-0.15, -0.1) is 0 Å². The summed E-state index contributed by atoms with van der Waals surface area (Å²) in [5.41, 5.74) is 0.669. The monoisotopic (exact) mass is 371 g/mol. The van der Waals surface area contributed by atoms with E-state index in [9.17, 15) is 4.79 Å². The summed E-state index contributed by atoms with van der Waals surface area (Å²) in [5.74, 6) is 0.331. The molecule has 0 aliphatic carbocycles. The van der Waals surface area contributed by atoms with E-state index in [-0.39, 0.29) is 6.09 Å². The highest BCUT2D eigenvalue weighted by Gasteiger charge is 2.20. The fourth-order valence-electron chi connectivity index (χ4n) is 1.96. The predicted molar refractivity (Wildman–Crippen MR) is 91.7 cm³/mol. The first-order valence-corrected chi connectivity index (χ1v) is 8.21. The summed E-state index contributed by atoms with van der Waals surface area (Å²) in [6.45, 7) is 9.94. The van der Waals surface area contributed by atoms with E-state index in [0.717, 1.165) is 23.1 Å². The molecule has 0 saturated heterocycles. The van der Waals surface area contributed by atoms with Crippen molar-refractivity contribution in [1.82, 2.24) is 15.2 Å². The largest absolute Gasteiger partial charge is 0.444 e. The molecule has 0 saturated carbocycles. The van der Waals surface area contributed by atoms with E-state index in [1.165, 1.54) is 0 Å². The molecule has 0 aliphatic rings. The van der Waals surface area contributed by atoms with Gasteiger partial charge in [-0.2, -0.15) is 0 Å². The smallest absolute Gasteiger partial charge is 0.410 e. The van der Waals surface area contributed by atoms with Crippen molar-refractivity contribution in [3.05, 3.63) is 28.5 Å². The van der Waals surface area contributed by atoms with E-state index < -0.39 is 5.60 Å². The Balaban J connectivity index is 2.31. The van der Waals surface area contributed by atoms with Gasteiger partial charge in [0.15, 0.2) is 0 Å². The molecule has 0 aromatic carbocycles. The molecule has 1 heterocycles. The Kier molecular flexibility index (Phi) is 7.29. The molecule has 0 bridgehead atoms. The molecule has 0 aliphatic heterocycles. The van der Waals surface area contributed by atoms with Crippen molar-refractivity contribution in [3.8, 4) is 0 Å². The van der Waals surface area contributed by atoms with Crippen LogP contribution in [0.2, 0.25) is 0 Å². The van der Waals surface area contributed by atoms with Crippen LogP contribution in [0.1, 0.15) is 33.3 Å². The van der Waals surface area contributed by atoms with E-state index >= 15 is 0 Å². The molecule has 124 valence electrons. The number of hydrogen-bond acceptors (Lipinski definition) is 4. The van der Waals surface area contributed by atoms with Gasteiger partial charge in [0.2, 0.25) is 0 Å². The number of nitrogens with one attached hydrogen (secondary N) is 1. The summed E-state index contributed by atoms with van der Waals surface area (Å²) in [7, 11) is 1.77. The molecule has 22 heavy (non-hydrogen) atoms. The van der Waals surface area contributed by atoms with Crippen molar-refractivity contribution in [1.29, 1.82) is 0 Å². The van der Waals surface area contributed by atoms with Crippen LogP contribution < -0.4 is 5.32 Å². The first kappa shape index (κ1) is 18.9. The van der Waals surface area contributed by atoms with E-state index in [2.05, 4.69) is 33.2 Å². The number of halogens is 1. The molecular formula is C16H26BrN3O2. The minimum atomic E-state index is -0.458. The number of carbonyl (C=O) groups excluding carboxylic acids is 1. The topological polar surface area (TPSA) is 54.5 Å². The van der Waals surface area contributed by atoms with Gasteiger partial charge in [-0.25, -0.2) is 4.79 Å². The highest BCUT2D eigenvalue weighted by atomic mass is 79.9. The zero-order chi connectivity index (χ0) is 16.8. The van der Waals surface area contributed by atoms with E-state index in [4.69, 9.17) is 4.74 Å². The molecule has 1 N–H and O–H groups in total. The van der Waals surface area contributed by atoms with Crippen molar-refractivity contribution in [2.75, 3.05) is 20.1 Å². The lowest BCUT2D eigenvalue weighted by Gasteiger charge is -2.26. The highest BCUT2D eigenvalue weighted by molar-refractivity contribution is 9.10. The molecule has 6 heteroatoms. The lowest BCUT2D eigenvalue weighted by atomic mass is 10.1. The minimum absolute atomic E-state index is 0.282. The number of ether oxygens (including phenoxy) is 1. The molecule has 1 rings (SSSR count). The average Bonchev–Trinajstić information content (AvgIpc) is 2.36. The van der Waals surface area contributed by atoms with Crippen LogP contribution in [0.4, 0.5) is 4.79 Å². The fourth-order valence-corrected chi connectivity index (χ4v) is 2.37. The number of hydrogen-bond donors (Lipinski definition) is 1. The van der Waals surface area contributed by atoms with Gasteiger partial charge in [0.1, 0.15) is 5.60 Å². The standard InChI is InChI=1S/C16H26BrN3O2/c1-12(11-20(5)15(21)22-16(2,3)4)7-18-8-13-6-14(17)10-19-9-13/h6,9-10,12,18H,7-8,11H2,1-5H3. The number of pyridine rings is 1. The summed E-state index contributed by atoms with van der Waals surface area (Å²) in [5, 5.41) is 3.38. The molecule has 1 aromatic heterocycles. The number of amides is 1. The number of rotatable bonds is 6. The number of nitrogens with zero attached hydrogens (tertiary/aromatic N) is 2. The van der Waals surface area contributed by atoms with E-state index in [1.807, 2.05) is 33.0 Å². The Hall–Kier alpha value is -1.14. The molecule has 0 radical (unpaired) electrons. The van der Waals surface area contributed by atoms with Gasteiger partial charge in [0, 0.05) is 37.0 Å². The second kappa shape index (κ2) is 8.48. The summed E-state index contributed by atoms with van der Waals surface area (Å²) >= 11 is 3.41. The van der Waals surface area contributed by atoms with Crippen molar-refractivity contribution in [3.63, 3.8) is 0 Å². The number of carbonyl (C=O) groups is 1. The Morgan fingerprint density at radius 1 is 1.45 bits per heavy atom. The third-order valence-electron chi connectivity index (χ3n) is 2.87. The van der Waals surface area contributed by atoms with Crippen molar-refractivity contribution in [2.45, 2.75) is 39.8 Å². The maximum atomic E-state index is 11.9. The van der Waals surface area contributed by atoms with Gasteiger partial charge in [0.05, 0.1) is 0 Å². The average molecular weight is 372 g/mol. The second-order valence-electron chi connectivity index (χ2n) is 6.61. The predicted octanol–water partition coefficient (Wildman–Crippen LogP) is 3.44. The van der Waals surface area contributed by atoms with Gasteiger partial charge in [0.25, 0.3) is 0 Å². The van der Waals surface area contributed by atoms with Crippen LogP contribution in [-0.2, 0) is 11.3 Å². The number of aromatic nitrogens is 1. The molecule has 0 spiro atoms. The SMILES string of the molecule is CC(CNCc1cncc(Br)c1)CN(C)C(=O)OC(C)(C)C. The molecule has 1 amide bonds. The van der Waals surface area contributed by atoms with Crippen molar-refractivity contribution < 1.29 is 9.53 Å². The Morgan fingerprint density at radius 2 is 2.14 bits per heavy atom. The maximum Gasteiger partial charge on any atom is 0.410 e. The molecule has 5 nitrogen and oxygen atoms in total. The summed E-state index contributed by atoms with van der Waals surface area (Å²) in [4.78, 5) is 17.7. The first-order chi connectivity index (χ1) is 10.2. The highest BCUT2D eigenvalue weighted by Crippen LogP contribution is 2.11. The van der Waals surface area contributed by atoms with Gasteiger partial charge in [-0.3, -0.25) is 4.98 Å². The summed E-state index contributed by atoms with van der Waals surface area (Å²) in [6, 6.07) is 2.04. The van der Waals surface area contributed by atoms with Crippen LogP contribution >= 0.6 is 15.9 Å². The zero-order valence-corrected chi connectivity index (χ0v) is 15.6. The third-order valence-corrected chi connectivity index (χ3v) is 3.31. The summed E-state index contributed by atoms with van der Waals surface area (Å²) in [6.07, 6.45) is 3.33. The Bertz CT molecular complexity index is 489. The van der Waals surface area contributed by atoms with Gasteiger partial charge >= 0.3 is 6.09 Å². The lowest BCUT2D eigenvalue weighted by molar-refractivity contribution is 0.0277. The molecule has 1 aromatic rings.